The normalized spacial score (nSPS) is 12.4. The summed E-state index contributed by atoms with van der Waals surface area (Å²) in [4.78, 5) is 0. The van der Waals surface area contributed by atoms with Gasteiger partial charge in [0, 0.05) is 0 Å². The molecule has 0 saturated heterocycles. The van der Waals surface area contributed by atoms with Crippen molar-refractivity contribution in [3.63, 3.8) is 0 Å². The summed E-state index contributed by atoms with van der Waals surface area (Å²) in [5.41, 5.74) is 1.61. The SMILES string of the molecule is C=C(CS(=O)O)c1ccccc1. The summed E-state index contributed by atoms with van der Waals surface area (Å²) in [6.07, 6.45) is 0. The molecule has 1 unspecified atom stereocenters. The maximum absolute atomic E-state index is 10.4. The Morgan fingerprint density at radius 3 is 2.50 bits per heavy atom. The van der Waals surface area contributed by atoms with E-state index in [1.165, 1.54) is 0 Å². The average molecular weight is 182 g/mol. The molecule has 1 aromatic carbocycles. The van der Waals surface area contributed by atoms with Crippen LogP contribution in [0.4, 0.5) is 0 Å². The molecular weight excluding hydrogens is 172 g/mol. The van der Waals surface area contributed by atoms with Gasteiger partial charge in [-0.15, -0.1) is 0 Å². The summed E-state index contributed by atoms with van der Waals surface area (Å²) < 4.78 is 19.0. The van der Waals surface area contributed by atoms with Gasteiger partial charge in [0.05, 0.1) is 5.75 Å². The van der Waals surface area contributed by atoms with Gasteiger partial charge in [-0.2, -0.15) is 0 Å². The van der Waals surface area contributed by atoms with Gasteiger partial charge in [0.25, 0.3) is 0 Å². The fourth-order valence-corrected chi connectivity index (χ4v) is 1.37. The zero-order valence-electron chi connectivity index (χ0n) is 6.56. The Morgan fingerprint density at radius 1 is 1.42 bits per heavy atom. The molecule has 64 valence electrons. The first-order chi connectivity index (χ1) is 5.70. The predicted molar refractivity (Wildman–Crippen MR) is 51.1 cm³/mol. The van der Waals surface area contributed by atoms with Crippen LogP contribution in [0.1, 0.15) is 5.56 Å². The van der Waals surface area contributed by atoms with Gasteiger partial charge >= 0.3 is 0 Å². The van der Waals surface area contributed by atoms with E-state index < -0.39 is 11.1 Å². The average Bonchev–Trinajstić information content (AvgIpc) is 2.05. The van der Waals surface area contributed by atoms with Crippen LogP contribution in [0.2, 0.25) is 0 Å². The molecule has 1 atom stereocenters. The van der Waals surface area contributed by atoms with Crippen LogP contribution in [0.3, 0.4) is 0 Å². The number of hydrogen-bond acceptors (Lipinski definition) is 1. The van der Waals surface area contributed by atoms with Gasteiger partial charge in [-0.3, -0.25) is 0 Å². The molecule has 0 spiro atoms. The van der Waals surface area contributed by atoms with E-state index in [2.05, 4.69) is 6.58 Å². The van der Waals surface area contributed by atoms with Crippen LogP contribution in [0.25, 0.3) is 5.57 Å². The van der Waals surface area contributed by atoms with Crippen molar-refractivity contribution in [2.45, 2.75) is 0 Å². The zero-order valence-corrected chi connectivity index (χ0v) is 7.38. The van der Waals surface area contributed by atoms with Crippen LogP contribution in [0.15, 0.2) is 36.9 Å². The van der Waals surface area contributed by atoms with Gasteiger partial charge in [-0.1, -0.05) is 36.9 Å². The molecule has 0 aliphatic carbocycles. The van der Waals surface area contributed by atoms with Crippen molar-refractivity contribution in [1.82, 2.24) is 0 Å². The Hall–Kier alpha value is -0.930. The van der Waals surface area contributed by atoms with Crippen molar-refractivity contribution in [3.05, 3.63) is 42.5 Å². The molecule has 3 heteroatoms. The molecule has 1 N–H and O–H groups in total. The Kier molecular flexibility index (Phi) is 3.19. The second-order valence-electron chi connectivity index (χ2n) is 2.44. The topological polar surface area (TPSA) is 37.3 Å². The molecule has 0 saturated carbocycles. The summed E-state index contributed by atoms with van der Waals surface area (Å²) in [5.74, 6) is 0.115. The third kappa shape index (κ3) is 2.60. The standard InChI is InChI=1S/C9H10O2S/c1-8(7-12(10)11)9-5-3-2-4-6-9/h2-6H,1,7H2,(H,10,11). The highest BCUT2D eigenvalue weighted by Gasteiger charge is 2.00. The lowest BCUT2D eigenvalue weighted by atomic mass is 10.1. The molecule has 2 nitrogen and oxygen atoms in total. The third-order valence-corrected chi connectivity index (χ3v) is 2.08. The molecule has 0 bridgehead atoms. The minimum absolute atomic E-state index is 0.115. The fraction of sp³-hybridized carbons (Fsp3) is 0.111. The lowest BCUT2D eigenvalue weighted by Crippen LogP contribution is -1.96. The summed E-state index contributed by atoms with van der Waals surface area (Å²) in [7, 11) is 0. The maximum atomic E-state index is 10.4. The molecule has 0 heterocycles. The molecule has 1 rings (SSSR count). The highest BCUT2D eigenvalue weighted by Crippen LogP contribution is 2.11. The van der Waals surface area contributed by atoms with Crippen molar-refractivity contribution in [1.29, 1.82) is 0 Å². The van der Waals surface area contributed by atoms with E-state index in [0.29, 0.717) is 5.57 Å². The van der Waals surface area contributed by atoms with E-state index in [1.54, 1.807) is 0 Å². The van der Waals surface area contributed by atoms with E-state index in [4.69, 9.17) is 4.55 Å². The third-order valence-electron chi connectivity index (χ3n) is 1.48. The van der Waals surface area contributed by atoms with Crippen molar-refractivity contribution >= 4 is 16.7 Å². The summed E-state index contributed by atoms with van der Waals surface area (Å²) in [5, 5.41) is 0. The van der Waals surface area contributed by atoms with Gasteiger partial charge in [-0.05, 0) is 11.1 Å². The quantitative estimate of drug-likeness (QED) is 0.725. The van der Waals surface area contributed by atoms with E-state index in [1.807, 2.05) is 30.3 Å². The molecule has 0 aromatic heterocycles. The molecule has 0 aliphatic rings. The van der Waals surface area contributed by atoms with Gasteiger partial charge in [-0.25, -0.2) is 4.21 Å². The highest BCUT2D eigenvalue weighted by molar-refractivity contribution is 7.79. The van der Waals surface area contributed by atoms with Crippen LogP contribution in [-0.4, -0.2) is 14.5 Å². The number of rotatable bonds is 3. The Balaban J connectivity index is 2.73. The minimum atomic E-state index is -1.80. The van der Waals surface area contributed by atoms with E-state index in [-0.39, 0.29) is 5.75 Å². The molecule has 0 fully saturated rings. The van der Waals surface area contributed by atoms with Crippen molar-refractivity contribution in [3.8, 4) is 0 Å². The van der Waals surface area contributed by atoms with Crippen LogP contribution >= 0.6 is 0 Å². The smallest absolute Gasteiger partial charge is 0.157 e. The van der Waals surface area contributed by atoms with Crippen LogP contribution in [-0.2, 0) is 11.1 Å². The molecular formula is C9H10O2S. The zero-order chi connectivity index (χ0) is 8.97. The monoisotopic (exact) mass is 182 g/mol. The molecule has 0 aliphatic heterocycles. The second-order valence-corrected chi connectivity index (χ2v) is 3.37. The van der Waals surface area contributed by atoms with Crippen molar-refractivity contribution in [2.24, 2.45) is 0 Å². The molecule has 0 radical (unpaired) electrons. The predicted octanol–water partition coefficient (Wildman–Crippen LogP) is 1.92. The second kappa shape index (κ2) is 4.18. The lowest BCUT2D eigenvalue weighted by molar-refractivity contribution is 0.568. The largest absolute Gasteiger partial charge is 0.306 e. The number of benzene rings is 1. The van der Waals surface area contributed by atoms with Gasteiger partial charge in [0.2, 0.25) is 0 Å². The first kappa shape index (κ1) is 9.16. The van der Waals surface area contributed by atoms with Gasteiger partial charge in [0.1, 0.15) is 0 Å². The summed E-state index contributed by atoms with van der Waals surface area (Å²) in [6, 6.07) is 9.39. The first-order valence-electron chi connectivity index (χ1n) is 3.51. The van der Waals surface area contributed by atoms with E-state index >= 15 is 0 Å². The minimum Gasteiger partial charge on any atom is -0.306 e. The molecule has 12 heavy (non-hydrogen) atoms. The summed E-state index contributed by atoms with van der Waals surface area (Å²) in [6.45, 7) is 3.71. The highest BCUT2D eigenvalue weighted by atomic mass is 32.2. The van der Waals surface area contributed by atoms with Crippen LogP contribution in [0.5, 0.6) is 0 Å². The summed E-state index contributed by atoms with van der Waals surface area (Å²) >= 11 is -1.80. The van der Waals surface area contributed by atoms with Crippen LogP contribution < -0.4 is 0 Å². The number of hydrogen-bond donors (Lipinski definition) is 1. The Labute approximate surface area is 74.2 Å². The molecule has 0 amide bonds. The Bertz CT molecular complexity index is 293. The van der Waals surface area contributed by atoms with Crippen LogP contribution in [0, 0.1) is 0 Å². The first-order valence-corrected chi connectivity index (χ1v) is 4.78. The van der Waals surface area contributed by atoms with Crippen molar-refractivity contribution < 1.29 is 8.76 Å². The maximum Gasteiger partial charge on any atom is 0.157 e. The van der Waals surface area contributed by atoms with E-state index in [0.717, 1.165) is 5.56 Å². The Morgan fingerprint density at radius 2 is 2.00 bits per heavy atom. The van der Waals surface area contributed by atoms with Gasteiger partial charge in [0.15, 0.2) is 11.1 Å². The van der Waals surface area contributed by atoms with E-state index in [9.17, 15) is 4.21 Å². The fourth-order valence-electron chi connectivity index (χ4n) is 0.906. The lowest BCUT2D eigenvalue weighted by Gasteiger charge is -2.01. The molecule has 1 aromatic rings. The van der Waals surface area contributed by atoms with Gasteiger partial charge < -0.3 is 4.55 Å². The van der Waals surface area contributed by atoms with Crippen molar-refractivity contribution in [2.75, 3.05) is 5.75 Å².